The first-order valence-electron chi connectivity index (χ1n) is 11.1. The smallest absolute Gasteiger partial charge is 0.266 e. The van der Waals surface area contributed by atoms with Crippen molar-refractivity contribution in [2.45, 2.75) is 52.0 Å². The fraction of sp³-hybridized carbons (Fsp3) is 0.400. The maximum Gasteiger partial charge on any atom is 0.266 e. The molecule has 1 fully saturated rings. The van der Waals surface area contributed by atoms with Crippen LogP contribution in [0.2, 0.25) is 0 Å². The van der Waals surface area contributed by atoms with Gasteiger partial charge in [-0.25, -0.2) is 13.2 Å². The van der Waals surface area contributed by atoms with Gasteiger partial charge in [0.2, 0.25) is 5.91 Å². The van der Waals surface area contributed by atoms with Crippen molar-refractivity contribution in [3.63, 3.8) is 0 Å². The Morgan fingerprint density at radius 1 is 1.18 bits per heavy atom. The second-order valence-electron chi connectivity index (χ2n) is 8.58. The normalized spacial score (nSPS) is 15.8. The fourth-order valence-electron chi connectivity index (χ4n) is 4.54. The number of amides is 1. The molecular weight excluding hydrogens is 429 g/mol. The van der Waals surface area contributed by atoms with Crippen molar-refractivity contribution >= 4 is 22.5 Å². The van der Waals surface area contributed by atoms with E-state index in [4.69, 9.17) is 4.98 Å². The minimum Gasteiger partial charge on any atom is -0.378 e. The molecule has 1 aromatic carbocycles. The fourth-order valence-corrected chi connectivity index (χ4v) is 4.54. The number of piperidine rings is 1. The van der Waals surface area contributed by atoms with E-state index in [0.717, 1.165) is 46.9 Å². The van der Waals surface area contributed by atoms with Crippen LogP contribution in [0.25, 0.3) is 10.9 Å². The molecule has 1 aliphatic rings. The average molecular weight is 457 g/mol. The van der Waals surface area contributed by atoms with Crippen molar-refractivity contribution in [2.75, 3.05) is 18.4 Å². The predicted octanol–water partition coefficient (Wildman–Crippen LogP) is 5.91. The standard InChI is InChI=1S/C25H27F3N4O/c1-14(18-5-4-6-19(23(18)26)25(27)28)30-21-7-10-29-24-15(2)31-22(13-20(21)24)17-8-11-32(12-9-17)16(3)33/h4-7,10,13-14,17,25H,8-9,11-12H2,1-3H3,(H,29,30)/t14-/m1/s1. The van der Waals surface area contributed by atoms with Gasteiger partial charge in [0.1, 0.15) is 5.82 Å². The summed E-state index contributed by atoms with van der Waals surface area (Å²) in [4.78, 5) is 22.7. The number of aromatic nitrogens is 2. The van der Waals surface area contributed by atoms with E-state index in [9.17, 15) is 18.0 Å². The van der Waals surface area contributed by atoms with Gasteiger partial charge in [-0.1, -0.05) is 18.2 Å². The summed E-state index contributed by atoms with van der Waals surface area (Å²) in [5.74, 6) is -0.570. The molecule has 1 saturated heterocycles. The Morgan fingerprint density at radius 2 is 1.88 bits per heavy atom. The monoisotopic (exact) mass is 456 g/mol. The Balaban J connectivity index is 1.65. The van der Waals surface area contributed by atoms with Crippen LogP contribution in [0.1, 0.15) is 67.6 Å². The molecule has 8 heteroatoms. The first-order chi connectivity index (χ1) is 15.8. The molecule has 3 heterocycles. The zero-order valence-corrected chi connectivity index (χ0v) is 18.9. The number of nitrogens with zero attached hydrogens (tertiary/aromatic N) is 3. The summed E-state index contributed by atoms with van der Waals surface area (Å²) in [6, 6.07) is 7.34. The first-order valence-corrected chi connectivity index (χ1v) is 11.1. The van der Waals surface area contributed by atoms with E-state index < -0.39 is 23.8 Å². The Hall–Kier alpha value is -3.16. The van der Waals surface area contributed by atoms with E-state index in [1.807, 2.05) is 17.9 Å². The molecule has 0 saturated carbocycles. The number of rotatable bonds is 5. The molecule has 5 nitrogen and oxygen atoms in total. The Labute approximate surface area is 191 Å². The Morgan fingerprint density at radius 3 is 2.55 bits per heavy atom. The molecule has 174 valence electrons. The van der Waals surface area contributed by atoms with E-state index in [2.05, 4.69) is 10.3 Å². The number of fused-ring (bicyclic) bond motifs is 1. The highest BCUT2D eigenvalue weighted by Gasteiger charge is 2.24. The molecular formula is C25H27F3N4O. The number of pyridine rings is 2. The van der Waals surface area contributed by atoms with Crippen LogP contribution in [-0.4, -0.2) is 33.9 Å². The van der Waals surface area contributed by atoms with E-state index >= 15 is 0 Å². The largest absolute Gasteiger partial charge is 0.378 e. The van der Waals surface area contributed by atoms with Gasteiger partial charge in [-0.3, -0.25) is 14.8 Å². The van der Waals surface area contributed by atoms with Crippen molar-refractivity contribution < 1.29 is 18.0 Å². The number of anilines is 1. The van der Waals surface area contributed by atoms with Crippen LogP contribution in [0, 0.1) is 12.7 Å². The maximum atomic E-state index is 14.7. The second kappa shape index (κ2) is 9.37. The number of nitrogens with one attached hydrogen (secondary N) is 1. The quantitative estimate of drug-likeness (QED) is 0.518. The molecule has 1 N–H and O–H groups in total. The molecule has 3 aromatic rings. The van der Waals surface area contributed by atoms with E-state index in [1.54, 1.807) is 26.1 Å². The van der Waals surface area contributed by atoms with Gasteiger partial charge in [0.15, 0.2) is 0 Å². The average Bonchev–Trinajstić information content (AvgIpc) is 2.79. The molecule has 0 spiro atoms. The summed E-state index contributed by atoms with van der Waals surface area (Å²) in [6.07, 6.45) is 0.457. The molecule has 0 radical (unpaired) electrons. The van der Waals surface area contributed by atoms with Gasteiger partial charge in [-0.05, 0) is 38.8 Å². The van der Waals surface area contributed by atoms with Gasteiger partial charge in [0, 0.05) is 54.5 Å². The Bertz CT molecular complexity index is 1180. The summed E-state index contributed by atoms with van der Waals surface area (Å²) in [6.45, 7) is 6.64. The minimum atomic E-state index is -2.87. The van der Waals surface area contributed by atoms with Gasteiger partial charge < -0.3 is 10.2 Å². The van der Waals surface area contributed by atoms with E-state index in [-0.39, 0.29) is 17.4 Å². The number of carbonyl (C=O) groups is 1. The number of hydrogen-bond donors (Lipinski definition) is 1. The van der Waals surface area contributed by atoms with Crippen LogP contribution < -0.4 is 5.32 Å². The topological polar surface area (TPSA) is 58.1 Å². The van der Waals surface area contributed by atoms with E-state index in [0.29, 0.717) is 13.1 Å². The van der Waals surface area contributed by atoms with Crippen LogP contribution >= 0.6 is 0 Å². The van der Waals surface area contributed by atoms with Gasteiger partial charge in [0.25, 0.3) is 6.43 Å². The number of benzene rings is 1. The molecule has 1 aliphatic heterocycles. The Kier molecular flexibility index (Phi) is 6.54. The lowest BCUT2D eigenvalue weighted by atomic mass is 9.92. The lowest BCUT2D eigenvalue weighted by Gasteiger charge is -2.31. The summed E-state index contributed by atoms with van der Waals surface area (Å²) in [7, 11) is 0. The SMILES string of the molecule is CC(=O)N1CCC(c2cc3c(N[C@H](C)c4cccc(C(F)F)c4F)ccnc3c(C)n2)CC1. The predicted molar refractivity (Wildman–Crippen MR) is 122 cm³/mol. The second-order valence-corrected chi connectivity index (χ2v) is 8.58. The van der Waals surface area contributed by atoms with Crippen LogP contribution in [0.3, 0.4) is 0 Å². The number of likely N-dealkylation sites (tertiary alicyclic amines) is 1. The maximum absolute atomic E-state index is 14.7. The first kappa shape index (κ1) is 23.0. The molecule has 33 heavy (non-hydrogen) atoms. The highest BCUT2D eigenvalue weighted by molar-refractivity contribution is 5.92. The molecule has 1 amide bonds. The number of carbonyl (C=O) groups excluding carboxylic acids is 1. The third-order valence-electron chi connectivity index (χ3n) is 6.41. The lowest BCUT2D eigenvalue weighted by molar-refractivity contribution is -0.129. The van der Waals surface area contributed by atoms with Crippen LogP contribution in [0.4, 0.5) is 18.9 Å². The highest BCUT2D eigenvalue weighted by Crippen LogP contribution is 2.34. The van der Waals surface area contributed by atoms with E-state index in [1.165, 1.54) is 12.1 Å². The summed E-state index contributed by atoms with van der Waals surface area (Å²) in [5, 5.41) is 4.13. The summed E-state index contributed by atoms with van der Waals surface area (Å²) in [5.41, 5.74) is 2.79. The molecule has 2 aromatic heterocycles. The molecule has 1 atom stereocenters. The van der Waals surface area contributed by atoms with Gasteiger partial charge in [-0.2, -0.15) is 0 Å². The third-order valence-corrected chi connectivity index (χ3v) is 6.41. The van der Waals surface area contributed by atoms with Crippen LogP contribution in [0.15, 0.2) is 36.5 Å². The van der Waals surface area contributed by atoms with Crippen molar-refractivity contribution in [3.05, 3.63) is 64.9 Å². The summed E-state index contributed by atoms with van der Waals surface area (Å²) < 4.78 is 41.0. The molecule has 0 unspecified atom stereocenters. The third kappa shape index (κ3) is 4.65. The molecule has 4 rings (SSSR count). The van der Waals surface area contributed by atoms with Crippen LogP contribution in [0.5, 0.6) is 0 Å². The van der Waals surface area contributed by atoms with Crippen molar-refractivity contribution in [2.24, 2.45) is 0 Å². The van der Waals surface area contributed by atoms with Crippen molar-refractivity contribution in [1.82, 2.24) is 14.9 Å². The zero-order valence-electron chi connectivity index (χ0n) is 18.9. The zero-order chi connectivity index (χ0) is 23.7. The van der Waals surface area contributed by atoms with Gasteiger partial charge in [-0.15, -0.1) is 0 Å². The van der Waals surface area contributed by atoms with Crippen LogP contribution in [-0.2, 0) is 4.79 Å². The van der Waals surface area contributed by atoms with Crippen molar-refractivity contribution in [1.29, 1.82) is 0 Å². The highest BCUT2D eigenvalue weighted by atomic mass is 19.3. The number of alkyl halides is 2. The van der Waals surface area contributed by atoms with Gasteiger partial charge >= 0.3 is 0 Å². The molecule has 0 aliphatic carbocycles. The summed E-state index contributed by atoms with van der Waals surface area (Å²) >= 11 is 0. The molecule has 0 bridgehead atoms. The number of halogens is 3. The van der Waals surface area contributed by atoms with Crippen molar-refractivity contribution in [3.8, 4) is 0 Å². The minimum absolute atomic E-state index is 0.0870. The van der Waals surface area contributed by atoms with Gasteiger partial charge in [0.05, 0.1) is 22.8 Å². The number of hydrogen-bond acceptors (Lipinski definition) is 4. The lowest BCUT2D eigenvalue weighted by Crippen LogP contribution is -2.36. The number of aryl methyl sites for hydroxylation is 1.